The Balaban J connectivity index is 1.72. The number of nitro benzene ring substituents is 1. The van der Waals surface area contributed by atoms with Crippen LogP contribution >= 0.6 is 0 Å². The van der Waals surface area contributed by atoms with E-state index in [4.69, 9.17) is 4.74 Å². The number of fused-ring (bicyclic) bond motifs is 1. The summed E-state index contributed by atoms with van der Waals surface area (Å²) < 4.78 is 7.05. The fraction of sp³-hybridized carbons (Fsp3) is 0.421. The zero-order valence-corrected chi connectivity index (χ0v) is 16.3. The van der Waals surface area contributed by atoms with Gasteiger partial charge in [-0.3, -0.25) is 10.1 Å². The molecule has 1 fully saturated rings. The minimum atomic E-state index is -0.427. The second-order valence-electron chi connectivity index (χ2n) is 7.32. The molecule has 4 rings (SSSR count). The SMILES string of the molecule is CC(C)c1cnn2c(Nc3cccc([N+](=O)[O-])c3)nc(NC3CCOCC3)nc12. The second-order valence-corrected chi connectivity index (χ2v) is 7.32. The minimum Gasteiger partial charge on any atom is -0.381 e. The molecule has 0 saturated carbocycles. The third kappa shape index (κ3) is 4.11. The van der Waals surface area contributed by atoms with E-state index in [9.17, 15) is 10.1 Å². The van der Waals surface area contributed by atoms with E-state index in [1.165, 1.54) is 12.1 Å². The van der Waals surface area contributed by atoms with Crippen LogP contribution in [0.4, 0.5) is 23.3 Å². The monoisotopic (exact) mass is 397 g/mol. The Morgan fingerprint density at radius 1 is 1.28 bits per heavy atom. The Labute approximate surface area is 167 Å². The molecule has 152 valence electrons. The predicted octanol–water partition coefficient (Wildman–Crippen LogP) is 3.49. The highest BCUT2D eigenvalue weighted by Gasteiger charge is 2.19. The molecule has 2 aromatic heterocycles. The molecule has 10 heteroatoms. The highest BCUT2D eigenvalue weighted by atomic mass is 16.6. The number of nitro groups is 1. The lowest BCUT2D eigenvalue weighted by Crippen LogP contribution is -2.29. The minimum absolute atomic E-state index is 0.00388. The summed E-state index contributed by atoms with van der Waals surface area (Å²) in [6.45, 7) is 5.59. The summed E-state index contributed by atoms with van der Waals surface area (Å²) in [4.78, 5) is 19.9. The number of ether oxygens (including phenoxy) is 1. The second kappa shape index (κ2) is 8.00. The van der Waals surface area contributed by atoms with E-state index in [0.29, 0.717) is 36.4 Å². The molecular formula is C19H23N7O3. The first-order valence-electron chi connectivity index (χ1n) is 9.62. The normalized spacial score (nSPS) is 15.0. The van der Waals surface area contributed by atoms with Crippen molar-refractivity contribution in [1.29, 1.82) is 0 Å². The topological polar surface area (TPSA) is 120 Å². The average molecular weight is 397 g/mol. The van der Waals surface area contributed by atoms with Crippen LogP contribution in [-0.4, -0.2) is 43.8 Å². The lowest BCUT2D eigenvalue weighted by Gasteiger charge is -2.23. The van der Waals surface area contributed by atoms with E-state index >= 15 is 0 Å². The molecule has 0 unspecified atom stereocenters. The van der Waals surface area contributed by atoms with Gasteiger partial charge in [-0.05, 0) is 24.8 Å². The quantitative estimate of drug-likeness (QED) is 0.479. The molecule has 1 aliphatic heterocycles. The first-order valence-corrected chi connectivity index (χ1v) is 9.62. The molecule has 3 aromatic rings. The first-order chi connectivity index (χ1) is 14.0. The number of benzene rings is 1. The molecular weight excluding hydrogens is 374 g/mol. The van der Waals surface area contributed by atoms with E-state index < -0.39 is 4.92 Å². The number of non-ortho nitro benzene ring substituents is 1. The molecule has 0 bridgehead atoms. The molecule has 1 aromatic carbocycles. The molecule has 0 aliphatic carbocycles. The van der Waals surface area contributed by atoms with Crippen molar-refractivity contribution >= 4 is 28.9 Å². The highest BCUT2D eigenvalue weighted by Crippen LogP contribution is 2.26. The Morgan fingerprint density at radius 3 is 2.79 bits per heavy atom. The van der Waals surface area contributed by atoms with Crippen LogP contribution in [0.3, 0.4) is 0 Å². The van der Waals surface area contributed by atoms with Gasteiger partial charge in [0.2, 0.25) is 11.9 Å². The van der Waals surface area contributed by atoms with E-state index in [-0.39, 0.29) is 17.6 Å². The van der Waals surface area contributed by atoms with Crippen LogP contribution in [0.25, 0.3) is 5.65 Å². The summed E-state index contributed by atoms with van der Waals surface area (Å²) in [6, 6.07) is 6.53. The van der Waals surface area contributed by atoms with Gasteiger partial charge in [-0.15, -0.1) is 0 Å². The molecule has 1 aliphatic rings. The molecule has 3 heterocycles. The Kier molecular flexibility index (Phi) is 5.26. The van der Waals surface area contributed by atoms with Gasteiger partial charge in [0.05, 0.1) is 11.1 Å². The van der Waals surface area contributed by atoms with Crippen molar-refractivity contribution in [3.8, 4) is 0 Å². The molecule has 29 heavy (non-hydrogen) atoms. The van der Waals surface area contributed by atoms with E-state index in [2.05, 4.69) is 39.5 Å². The number of nitrogens with one attached hydrogen (secondary N) is 2. The molecule has 2 N–H and O–H groups in total. The van der Waals surface area contributed by atoms with Crippen LogP contribution in [0.1, 0.15) is 38.2 Å². The molecule has 1 saturated heterocycles. The van der Waals surface area contributed by atoms with Crippen LogP contribution in [-0.2, 0) is 4.74 Å². The summed E-state index contributed by atoms with van der Waals surface area (Å²) in [5.41, 5.74) is 2.27. The van der Waals surface area contributed by atoms with E-state index in [0.717, 1.165) is 18.4 Å². The van der Waals surface area contributed by atoms with Gasteiger partial charge in [-0.25, -0.2) is 0 Å². The van der Waals surface area contributed by atoms with Gasteiger partial charge in [-0.1, -0.05) is 19.9 Å². The van der Waals surface area contributed by atoms with Crippen molar-refractivity contribution in [1.82, 2.24) is 19.6 Å². The van der Waals surface area contributed by atoms with Crippen LogP contribution < -0.4 is 10.6 Å². The zero-order chi connectivity index (χ0) is 20.4. The van der Waals surface area contributed by atoms with Gasteiger partial charge >= 0.3 is 0 Å². The third-order valence-corrected chi connectivity index (χ3v) is 4.88. The third-order valence-electron chi connectivity index (χ3n) is 4.88. The van der Waals surface area contributed by atoms with Crippen LogP contribution in [0.5, 0.6) is 0 Å². The fourth-order valence-corrected chi connectivity index (χ4v) is 3.30. The van der Waals surface area contributed by atoms with Crippen molar-refractivity contribution < 1.29 is 9.66 Å². The number of hydrogen-bond acceptors (Lipinski definition) is 8. The Morgan fingerprint density at radius 2 is 2.07 bits per heavy atom. The predicted molar refractivity (Wildman–Crippen MR) is 109 cm³/mol. The number of hydrogen-bond donors (Lipinski definition) is 2. The van der Waals surface area contributed by atoms with Crippen molar-refractivity contribution in [2.75, 3.05) is 23.8 Å². The van der Waals surface area contributed by atoms with Crippen LogP contribution in [0.15, 0.2) is 30.5 Å². The largest absolute Gasteiger partial charge is 0.381 e. The van der Waals surface area contributed by atoms with Gasteiger partial charge in [-0.2, -0.15) is 19.6 Å². The maximum absolute atomic E-state index is 11.1. The number of anilines is 3. The Hall–Kier alpha value is -3.27. The molecule has 0 radical (unpaired) electrons. The van der Waals surface area contributed by atoms with Gasteiger partial charge in [0.1, 0.15) is 0 Å². The number of aromatic nitrogens is 4. The van der Waals surface area contributed by atoms with Crippen LogP contribution in [0, 0.1) is 10.1 Å². The standard InChI is InChI=1S/C19H23N7O3/c1-12(2)16-11-20-25-17(16)23-18(21-13-6-8-29-9-7-13)24-19(25)22-14-4-3-5-15(10-14)26(27)28/h3-5,10-13H,6-9H2,1-2H3,(H2,21,22,23,24). The van der Waals surface area contributed by atoms with Gasteiger partial charge < -0.3 is 15.4 Å². The lowest BCUT2D eigenvalue weighted by atomic mass is 10.1. The highest BCUT2D eigenvalue weighted by molar-refractivity contribution is 5.62. The fourth-order valence-electron chi connectivity index (χ4n) is 3.30. The summed E-state index contributed by atoms with van der Waals surface area (Å²) >= 11 is 0. The first kappa shape index (κ1) is 19.1. The van der Waals surface area contributed by atoms with Gasteiger partial charge in [0.15, 0.2) is 5.65 Å². The van der Waals surface area contributed by atoms with Crippen molar-refractivity contribution in [3.05, 3.63) is 46.1 Å². The smallest absolute Gasteiger partial charge is 0.271 e. The van der Waals surface area contributed by atoms with Gasteiger partial charge in [0.25, 0.3) is 5.69 Å². The maximum atomic E-state index is 11.1. The molecule has 0 atom stereocenters. The summed E-state index contributed by atoms with van der Waals surface area (Å²) in [5, 5.41) is 22.1. The lowest BCUT2D eigenvalue weighted by molar-refractivity contribution is -0.384. The summed E-state index contributed by atoms with van der Waals surface area (Å²) in [6.07, 6.45) is 3.56. The van der Waals surface area contributed by atoms with Crippen molar-refractivity contribution in [3.63, 3.8) is 0 Å². The molecule has 0 spiro atoms. The zero-order valence-electron chi connectivity index (χ0n) is 16.3. The average Bonchev–Trinajstić information content (AvgIpc) is 3.13. The summed E-state index contributed by atoms with van der Waals surface area (Å²) in [5.74, 6) is 1.18. The number of rotatable bonds is 6. The van der Waals surface area contributed by atoms with Crippen molar-refractivity contribution in [2.24, 2.45) is 0 Å². The molecule has 10 nitrogen and oxygen atoms in total. The number of nitrogens with zero attached hydrogens (tertiary/aromatic N) is 5. The molecule has 0 amide bonds. The van der Waals surface area contributed by atoms with Crippen molar-refractivity contribution in [2.45, 2.75) is 38.6 Å². The van der Waals surface area contributed by atoms with E-state index in [1.807, 2.05) is 0 Å². The van der Waals surface area contributed by atoms with Gasteiger partial charge in [0, 0.05) is 42.6 Å². The Bertz CT molecular complexity index is 1030. The van der Waals surface area contributed by atoms with E-state index in [1.54, 1.807) is 22.8 Å². The van der Waals surface area contributed by atoms with Crippen LogP contribution in [0.2, 0.25) is 0 Å². The summed E-state index contributed by atoms with van der Waals surface area (Å²) in [7, 11) is 0. The maximum Gasteiger partial charge on any atom is 0.271 e.